The van der Waals surface area contributed by atoms with Crippen molar-refractivity contribution in [3.63, 3.8) is 0 Å². The van der Waals surface area contributed by atoms with Gasteiger partial charge in [-0.15, -0.1) is 0 Å². The number of hydrogen-bond donors (Lipinski definition) is 1. The first kappa shape index (κ1) is 21.7. The van der Waals surface area contributed by atoms with Crippen molar-refractivity contribution in [2.45, 2.75) is 24.7 Å². The van der Waals surface area contributed by atoms with Gasteiger partial charge in [0.2, 0.25) is 10.0 Å². The fraction of sp³-hybridized carbons (Fsp3) is 0.350. The monoisotopic (exact) mass is 406 g/mol. The molecule has 0 amide bonds. The van der Waals surface area contributed by atoms with Crippen molar-refractivity contribution >= 4 is 21.7 Å². The number of nitrogens with one attached hydrogen (secondary N) is 1. The topological polar surface area (TPSA) is 84.9 Å². The van der Waals surface area contributed by atoms with Gasteiger partial charge in [0.05, 0.1) is 18.4 Å². The summed E-state index contributed by atoms with van der Waals surface area (Å²) in [6.45, 7) is 2.66. The number of methoxy groups -OCH3 is 1. The van der Waals surface area contributed by atoms with Crippen molar-refractivity contribution in [3.8, 4) is 11.5 Å². The van der Waals surface area contributed by atoms with Gasteiger partial charge in [0.25, 0.3) is 0 Å². The van der Waals surface area contributed by atoms with Crippen LogP contribution in [-0.2, 0) is 14.8 Å². The van der Waals surface area contributed by atoms with Crippen molar-refractivity contribution in [3.05, 3.63) is 48.0 Å². The molecule has 2 rings (SSSR count). The molecular formula is C20H26N2O5S. The van der Waals surface area contributed by atoms with Crippen molar-refractivity contribution in [2.75, 3.05) is 33.1 Å². The zero-order chi connectivity index (χ0) is 20.7. The average Bonchev–Trinajstić information content (AvgIpc) is 2.69. The third kappa shape index (κ3) is 5.02. The minimum absolute atomic E-state index is 0.108. The number of ether oxygens (including phenoxy) is 2. The Labute approximate surface area is 166 Å². The number of hydrogen-bond acceptors (Lipinski definition) is 6. The molecule has 0 aliphatic carbocycles. The molecular weight excluding hydrogens is 380 g/mol. The van der Waals surface area contributed by atoms with E-state index in [4.69, 9.17) is 9.47 Å². The molecule has 0 aliphatic heterocycles. The Morgan fingerprint density at radius 2 is 1.82 bits per heavy atom. The second-order valence-electron chi connectivity index (χ2n) is 6.33. The maximum atomic E-state index is 13.0. The van der Waals surface area contributed by atoms with Crippen LogP contribution in [0.5, 0.6) is 11.5 Å². The van der Waals surface area contributed by atoms with E-state index in [1.54, 1.807) is 30.3 Å². The summed E-state index contributed by atoms with van der Waals surface area (Å²) in [6, 6.07) is 11.7. The van der Waals surface area contributed by atoms with Gasteiger partial charge in [0, 0.05) is 20.6 Å². The van der Waals surface area contributed by atoms with Crippen molar-refractivity contribution < 1.29 is 22.7 Å². The van der Waals surface area contributed by atoms with E-state index in [0.29, 0.717) is 18.0 Å². The van der Waals surface area contributed by atoms with E-state index in [0.717, 1.165) is 17.1 Å². The van der Waals surface area contributed by atoms with E-state index in [1.165, 1.54) is 27.3 Å². The summed E-state index contributed by atoms with van der Waals surface area (Å²) in [4.78, 5) is 12.0. The number of rotatable bonds is 9. The van der Waals surface area contributed by atoms with Crippen molar-refractivity contribution in [1.29, 1.82) is 0 Å². The number of esters is 1. The highest BCUT2D eigenvalue weighted by atomic mass is 32.2. The summed E-state index contributed by atoms with van der Waals surface area (Å²) in [5.74, 6) is 0.00531. The molecule has 0 saturated heterocycles. The third-order valence-electron chi connectivity index (χ3n) is 4.04. The summed E-state index contributed by atoms with van der Waals surface area (Å²) in [6.07, 6.45) is 1.84. The van der Waals surface area contributed by atoms with Gasteiger partial charge >= 0.3 is 5.97 Å². The number of carbonyl (C=O) groups is 1. The Bertz CT molecular complexity index is 912. The molecule has 0 heterocycles. The molecule has 1 N–H and O–H groups in total. The number of benzene rings is 2. The first-order valence-corrected chi connectivity index (χ1v) is 10.4. The van der Waals surface area contributed by atoms with Crippen LogP contribution in [0, 0.1) is 0 Å². The summed E-state index contributed by atoms with van der Waals surface area (Å²) < 4.78 is 37.7. The van der Waals surface area contributed by atoms with Gasteiger partial charge in [0.1, 0.15) is 10.6 Å². The minimum atomic E-state index is -3.88. The lowest BCUT2D eigenvalue weighted by Gasteiger charge is -2.20. The molecule has 2 aromatic rings. The molecule has 0 unspecified atom stereocenters. The van der Waals surface area contributed by atoms with Crippen LogP contribution in [0.15, 0.2) is 47.4 Å². The molecule has 0 aliphatic rings. The lowest BCUT2D eigenvalue weighted by Crippen LogP contribution is -2.23. The first-order chi connectivity index (χ1) is 13.3. The smallest absolute Gasteiger partial charge is 0.337 e. The fourth-order valence-electron chi connectivity index (χ4n) is 2.47. The standard InChI is InChI=1S/C20H26N2O5S/c1-5-6-12-21-17-13-15(20(23)26-4)14-18(28(24,25)22(2)3)19(17)27-16-10-8-7-9-11-16/h7-11,13-14,21H,5-6,12H2,1-4H3. The minimum Gasteiger partial charge on any atom is -0.465 e. The van der Waals surface area contributed by atoms with Crippen LogP contribution in [0.4, 0.5) is 5.69 Å². The average molecular weight is 407 g/mol. The highest BCUT2D eigenvalue weighted by Gasteiger charge is 2.28. The second kappa shape index (κ2) is 9.57. The van der Waals surface area contributed by atoms with E-state index >= 15 is 0 Å². The van der Waals surface area contributed by atoms with Gasteiger partial charge in [-0.2, -0.15) is 0 Å². The summed E-state index contributed by atoms with van der Waals surface area (Å²) in [5.41, 5.74) is 0.544. The third-order valence-corrected chi connectivity index (χ3v) is 5.86. The molecule has 0 aromatic heterocycles. The maximum Gasteiger partial charge on any atom is 0.337 e. The normalized spacial score (nSPS) is 11.3. The molecule has 0 radical (unpaired) electrons. The molecule has 7 nitrogen and oxygen atoms in total. The number of nitrogens with zero attached hydrogens (tertiary/aromatic N) is 1. The molecule has 0 spiro atoms. The fourth-order valence-corrected chi connectivity index (χ4v) is 3.52. The van der Waals surface area contributed by atoms with Gasteiger partial charge in [-0.05, 0) is 30.7 Å². The predicted molar refractivity (Wildman–Crippen MR) is 109 cm³/mol. The molecule has 0 atom stereocenters. The van der Waals surface area contributed by atoms with Gasteiger partial charge in [-0.25, -0.2) is 17.5 Å². The SMILES string of the molecule is CCCCNc1cc(C(=O)OC)cc(S(=O)(=O)N(C)C)c1Oc1ccccc1. The summed E-state index contributed by atoms with van der Waals surface area (Å²) in [5, 5.41) is 3.19. The highest BCUT2D eigenvalue weighted by molar-refractivity contribution is 7.89. The summed E-state index contributed by atoms with van der Waals surface area (Å²) in [7, 11) is 0.221. The molecule has 2 aromatic carbocycles. The largest absolute Gasteiger partial charge is 0.465 e. The number of carbonyl (C=O) groups excluding carboxylic acids is 1. The number of anilines is 1. The van der Waals surface area contributed by atoms with E-state index in [9.17, 15) is 13.2 Å². The number of unbranched alkanes of at least 4 members (excludes halogenated alkanes) is 1. The van der Waals surface area contributed by atoms with Crippen LogP contribution >= 0.6 is 0 Å². The van der Waals surface area contributed by atoms with Gasteiger partial charge < -0.3 is 14.8 Å². The Morgan fingerprint density at radius 3 is 2.39 bits per heavy atom. The Hall–Kier alpha value is -2.58. The van der Waals surface area contributed by atoms with Crippen molar-refractivity contribution in [1.82, 2.24) is 4.31 Å². The highest BCUT2D eigenvalue weighted by Crippen LogP contribution is 2.38. The summed E-state index contributed by atoms with van der Waals surface area (Å²) >= 11 is 0. The zero-order valence-corrected chi connectivity index (χ0v) is 17.4. The molecule has 0 fully saturated rings. The Kier molecular flexibility index (Phi) is 7.42. The molecule has 28 heavy (non-hydrogen) atoms. The number of para-hydroxylation sites is 1. The molecule has 0 bridgehead atoms. The van der Waals surface area contributed by atoms with Crippen LogP contribution in [0.1, 0.15) is 30.1 Å². The van der Waals surface area contributed by atoms with Gasteiger partial charge in [-0.3, -0.25) is 0 Å². The Balaban J connectivity index is 2.69. The molecule has 8 heteroatoms. The van der Waals surface area contributed by atoms with Crippen LogP contribution in [-0.4, -0.2) is 46.4 Å². The van der Waals surface area contributed by atoms with Gasteiger partial charge in [-0.1, -0.05) is 31.5 Å². The first-order valence-electron chi connectivity index (χ1n) is 8.97. The quantitative estimate of drug-likeness (QED) is 0.505. The predicted octanol–water partition coefficient (Wildman–Crippen LogP) is 3.73. The van der Waals surface area contributed by atoms with Crippen LogP contribution < -0.4 is 10.1 Å². The van der Waals surface area contributed by atoms with Gasteiger partial charge in [0.15, 0.2) is 5.75 Å². The maximum absolute atomic E-state index is 13.0. The van der Waals surface area contributed by atoms with E-state index in [2.05, 4.69) is 12.2 Å². The van der Waals surface area contributed by atoms with Crippen LogP contribution in [0.25, 0.3) is 0 Å². The lowest BCUT2D eigenvalue weighted by molar-refractivity contribution is 0.0600. The Morgan fingerprint density at radius 1 is 1.14 bits per heavy atom. The van der Waals surface area contributed by atoms with E-state index in [1.807, 2.05) is 6.07 Å². The molecule has 152 valence electrons. The van der Waals surface area contributed by atoms with E-state index in [-0.39, 0.29) is 16.2 Å². The molecule has 0 saturated carbocycles. The van der Waals surface area contributed by atoms with E-state index < -0.39 is 16.0 Å². The zero-order valence-electron chi connectivity index (χ0n) is 16.6. The van der Waals surface area contributed by atoms with Crippen LogP contribution in [0.2, 0.25) is 0 Å². The van der Waals surface area contributed by atoms with Crippen molar-refractivity contribution in [2.24, 2.45) is 0 Å². The second-order valence-corrected chi connectivity index (χ2v) is 8.45. The van der Waals surface area contributed by atoms with Crippen LogP contribution in [0.3, 0.4) is 0 Å². The lowest BCUT2D eigenvalue weighted by atomic mass is 10.1. The number of sulfonamides is 1.